The van der Waals surface area contributed by atoms with Gasteiger partial charge in [0, 0.05) is 6.42 Å². The number of sulfone groups is 1. The summed E-state index contributed by atoms with van der Waals surface area (Å²) in [4.78, 5) is 11.4. The summed E-state index contributed by atoms with van der Waals surface area (Å²) in [5.74, 6) is -0.203. The fourth-order valence-electron chi connectivity index (χ4n) is 2.03. The summed E-state index contributed by atoms with van der Waals surface area (Å²) in [6.07, 6.45) is 0.0776. The normalized spacial score (nSPS) is 11.6. The molecule has 0 spiro atoms. The monoisotopic (exact) mass is 268 g/mol. The molecular weight excluding hydrogens is 248 g/mol. The second kappa shape index (κ2) is 5.22. The van der Waals surface area contributed by atoms with Crippen molar-refractivity contribution in [3.05, 3.63) is 28.3 Å². The average molecular weight is 268 g/mol. The largest absolute Gasteiger partial charge is 0.300 e. The highest BCUT2D eigenvalue weighted by Crippen LogP contribution is 2.27. The lowest BCUT2D eigenvalue weighted by molar-refractivity contribution is -0.116. The Bertz CT molecular complexity index is 557. The van der Waals surface area contributed by atoms with Gasteiger partial charge in [0.2, 0.25) is 0 Å². The maximum absolute atomic E-state index is 12.3. The van der Waals surface area contributed by atoms with Crippen molar-refractivity contribution in [2.75, 3.05) is 5.75 Å². The molecule has 1 aromatic rings. The van der Waals surface area contributed by atoms with Crippen molar-refractivity contribution >= 4 is 15.6 Å². The van der Waals surface area contributed by atoms with Crippen LogP contribution in [0.5, 0.6) is 0 Å². The van der Waals surface area contributed by atoms with Gasteiger partial charge in [-0.3, -0.25) is 4.79 Å². The van der Waals surface area contributed by atoms with Crippen LogP contribution in [0.1, 0.15) is 35.6 Å². The Hall–Kier alpha value is -1.16. The Morgan fingerprint density at radius 2 is 1.50 bits per heavy atom. The van der Waals surface area contributed by atoms with E-state index >= 15 is 0 Å². The molecule has 0 heterocycles. The Balaban J connectivity index is 3.36. The molecule has 18 heavy (non-hydrogen) atoms. The summed E-state index contributed by atoms with van der Waals surface area (Å²) >= 11 is 0. The van der Waals surface area contributed by atoms with Gasteiger partial charge in [0.25, 0.3) is 0 Å². The Labute approximate surface area is 109 Å². The number of carbonyl (C=O) groups is 1. The highest BCUT2D eigenvalue weighted by molar-refractivity contribution is 7.91. The lowest BCUT2D eigenvalue weighted by Crippen LogP contribution is -2.14. The summed E-state index contributed by atoms with van der Waals surface area (Å²) in [5, 5.41) is 0. The van der Waals surface area contributed by atoms with Crippen molar-refractivity contribution < 1.29 is 13.2 Å². The van der Waals surface area contributed by atoms with Crippen molar-refractivity contribution in [3.63, 3.8) is 0 Å². The molecule has 0 radical (unpaired) electrons. The molecule has 0 aromatic heterocycles. The molecule has 1 rings (SSSR count). The number of rotatable bonds is 4. The van der Waals surface area contributed by atoms with Crippen LogP contribution in [0.2, 0.25) is 0 Å². The predicted octanol–water partition coefficient (Wildman–Crippen LogP) is 2.67. The summed E-state index contributed by atoms with van der Waals surface area (Å²) in [5.41, 5.74) is 3.53. The van der Waals surface area contributed by atoms with E-state index in [1.54, 1.807) is 0 Å². The molecule has 0 aliphatic carbocycles. The van der Waals surface area contributed by atoms with Crippen LogP contribution < -0.4 is 0 Å². The van der Waals surface area contributed by atoms with Crippen LogP contribution in [0, 0.1) is 27.7 Å². The lowest BCUT2D eigenvalue weighted by Gasteiger charge is -2.15. The molecule has 0 aliphatic rings. The molecule has 0 saturated heterocycles. The summed E-state index contributed by atoms with van der Waals surface area (Å²) in [6, 6.07) is 1.99. The molecule has 0 amide bonds. The number of benzene rings is 1. The van der Waals surface area contributed by atoms with Crippen molar-refractivity contribution in [1.82, 2.24) is 0 Å². The molecule has 0 aliphatic heterocycles. The number of aryl methyl sites for hydroxylation is 2. The van der Waals surface area contributed by atoms with Gasteiger partial charge in [0.15, 0.2) is 9.84 Å². The fraction of sp³-hybridized carbons (Fsp3) is 0.500. The van der Waals surface area contributed by atoms with Gasteiger partial charge in [0.1, 0.15) is 5.78 Å². The van der Waals surface area contributed by atoms with Crippen molar-refractivity contribution in [1.29, 1.82) is 0 Å². The Morgan fingerprint density at radius 3 is 1.89 bits per heavy atom. The number of hydrogen-bond acceptors (Lipinski definition) is 3. The van der Waals surface area contributed by atoms with E-state index in [0.29, 0.717) is 4.90 Å². The number of carbonyl (C=O) groups excluding carboxylic acids is 1. The molecule has 0 unspecified atom stereocenters. The summed E-state index contributed by atoms with van der Waals surface area (Å²) in [7, 11) is -3.38. The van der Waals surface area contributed by atoms with Gasteiger partial charge in [-0.25, -0.2) is 8.42 Å². The van der Waals surface area contributed by atoms with Gasteiger partial charge in [-0.15, -0.1) is 0 Å². The van der Waals surface area contributed by atoms with E-state index in [1.807, 2.05) is 33.8 Å². The van der Waals surface area contributed by atoms with Gasteiger partial charge < -0.3 is 0 Å². The molecule has 3 nitrogen and oxygen atoms in total. The van der Waals surface area contributed by atoms with Crippen LogP contribution in [0.15, 0.2) is 11.0 Å². The topological polar surface area (TPSA) is 51.2 Å². The number of hydrogen-bond donors (Lipinski definition) is 0. The molecule has 0 atom stereocenters. The zero-order valence-corrected chi connectivity index (χ0v) is 12.4. The Morgan fingerprint density at radius 1 is 1.06 bits per heavy atom. The first-order valence-corrected chi connectivity index (χ1v) is 7.61. The minimum atomic E-state index is -3.38. The first-order chi connectivity index (χ1) is 8.16. The SMILES string of the molecule is CC(=O)CCS(=O)(=O)c1c(C)c(C)cc(C)c1C. The third-order valence-corrected chi connectivity index (χ3v) is 5.31. The van der Waals surface area contributed by atoms with Crippen LogP contribution in [0.25, 0.3) is 0 Å². The maximum Gasteiger partial charge on any atom is 0.179 e. The second-order valence-electron chi connectivity index (χ2n) is 4.86. The predicted molar refractivity (Wildman–Crippen MR) is 72.7 cm³/mol. The van der Waals surface area contributed by atoms with Crippen LogP contribution in [0.4, 0.5) is 0 Å². The van der Waals surface area contributed by atoms with Crippen LogP contribution >= 0.6 is 0 Å². The molecule has 0 fully saturated rings. The molecule has 1 aromatic carbocycles. The Kier molecular flexibility index (Phi) is 4.32. The summed E-state index contributed by atoms with van der Waals surface area (Å²) < 4.78 is 24.7. The van der Waals surface area contributed by atoms with Gasteiger partial charge >= 0.3 is 0 Å². The first-order valence-electron chi connectivity index (χ1n) is 5.96. The number of Topliss-reactive ketones (excluding diaryl/α,β-unsaturated/α-hetero) is 1. The van der Waals surface area contributed by atoms with Gasteiger partial charge in [0.05, 0.1) is 10.6 Å². The molecule has 0 bridgehead atoms. The quantitative estimate of drug-likeness (QED) is 0.843. The molecule has 0 N–H and O–H groups in total. The van der Waals surface area contributed by atoms with Crippen LogP contribution in [-0.4, -0.2) is 20.0 Å². The standard InChI is InChI=1S/C14H20O3S/c1-9-8-10(2)13(5)14(12(9)4)18(16,17)7-6-11(3)15/h8H,6-7H2,1-5H3. The second-order valence-corrected chi connectivity index (χ2v) is 6.91. The third kappa shape index (κ3) is 2.99. The molecular formula is C14H20O3S. The molecule has 4 heteroatoms. The minimum absolute atomic E-state index is 0.0776. The van der Waals surface area contributed by atoms with Crippen molar-refractivity contribution in [2.45, 2.75) is 45.9 Å². The highest BCUT2D eigenvalue weighted by Gasteiger charge is 2.22. The van der Waals surface area contributed by atoms with Gasteiger partial charge in [-0.2, -0.15) is 0 Å². The van der Waals surface area contributed by atoms with E-state index in [2.05, 4.69) is 0 Å². The van der Waals surface area contributed by atoms with Gasteiger partial charge in [-0.05, 0) is 56.9 Å². The van der Waals surface area contributed by atoms with E-state index in [1.165, 1.54) is 6.92 Å². The van der Waals surface area contributed by atoms with E-state index in [-0.39, 0.29) is 18.0 Å². The smallest absolute Gasteiger partial charge is 0.179 e. The van der Waals surface area contributed by atoms with Crippen LogP contribution in [-0.2, 0) is 14.6 Å². The first kappa shape index (κ1) is 14.9. The average Bonchev–Trinajstić information content (AvgIpc) is 2.24. The van der Waals surface area contributed by atoms with E-state index in [9.17, 15) is 13.2 Å². The summed E-state index contributed by atoms with van der Waals surface area (Å²) in [6.45, 7) is 8.87. The molecule has 0 saturated carbocycles. The minimum Gasteiger partial charge on any atom is -0.300 e. The van der Waals surface area contributed by atoms with E-state index in [4.69, 9.17) is 0 Å². The zero-order chi connectivity index (χ0) is 14.1. The maximum atomic E-state index is 12.3. The molecule has 100 valence electrons. The van der Waals surface area contributed by atoms with Crippen molar-refractivity contribution in [2.24, 2.45) is 0 Å². The van der Waals surface area contributed by atoms with Crippen LogP contribution in [0.3, 0.4) is 0 Å². The van der Waals surface area contributed by atoms with E-state index in [0.717, 1.165) is 22.3 Å². The zero-order valence-electron chi connectivity index (χ0n) is 11.6. The highest BCUT2D eigenvalue weighted by atomic mass is 32.2. The van der Waals surface area contributed by atoms with Gasteiger partial charge in [-0.1, -0.05) is 6.07 Å². The fourth-order valence-corrected chi connectivity index (χ4v) is 4.04. The number of ketones is 1. The third-order valence-electron chi connectivity index (χ3n) is 3.33. The lowest BCUT2D eigenvalue weighted by atomic mass is 10.0. The van der Waals surface area contributed by atoms with Crippen molar-refractivity contribution in [3.8, 4) is 0 Å². The van der Waals surface area contributed by atoms with E-state index < -0.39 is 9.84 Å².